The van der Waals surface area contributed by atoms with Crippen LogP contribution in [-0.4, -0.2) is 15.0 Å². The summed E-state index contributed by atoms with van der Waals surface area (Å²) in [6.07, 6.45) is 6.68. The van der Waals surface area contributed by atoms with Gasteiger partial charge in [0.05, 0.1) is 11.6 Å². The van der Waals surface area contributed by atoms with Gasteiger partial charge in [-0.15, -0.1) is 11.3 Å². The fourth-order valence-electron chi connectivity index (χ4n) is 12.2. The summed E-state index contributed by atoms with van der Waals surface area (Å²) < 4.78 is 2.57. The molecule has 0 radical (unpaired) electrons. The van der Waals surface area contributed by atoms with E-state index in [1.54, 1.807) is 0 Å². The first-order valence-corrected chi connectivity index (χ1v) is 21.7. The van der Waals surface area contributed by atoms with Crippen LogP contribution in [0.2, 0.25) is 0 Å². The molecule has 280 valence electrons. The molecule has 0 unspecified atom stereocenters. The molecule has 4 bridgehead atoms. The first-order valence-electron chi connectivity index (χ1n) is 20.9. The third-order valence-electron chi connectivity index (χ3n) is 14.6. The van der Waals surface area contributed by atoms with Crippen LogP contribution in [0.4, 0.5) is 0 Å². The molecule has 5 aliphatic rings. The molecule has 0 N–H and O–H groups in total. The number of nitriles is 1. The molecule has 0 amide bonds. The highest BCUT2D eigenvalue weighted by Crippen LogP contribution is 2.65. The van der Waals surface area contributed by atoms with Crippen LogP contribution in [0.1, 0.15) is 73.8 Å². The normalized spacial score (nSPS) is 23.5. The van der Waals surface area contributed by atoms with Gasteiger partial charge in [0.1, 0.15) is 0 Å². The largest absolute Gasteiger partial charge is 0.208 e. The summed E-state index contributed by atoms with van der Waals surface area (Å²) in [6, 6.07) is 50.8. The van der Waals surface area contributed by atoms with Crippen LogP contribution in [0.25, 0.3) is 65.5 Å². The van der Waals surface area contributed by atoms with Crippen molar-refractivity contribution < 1.29 is 0 Å². The Labute approximate surface area is 343 Å². The van der Waals surface area contributed by atoms with Gasteiger partial charge < -0.3 is 0 Å². The Balaban J connectivity index is 0.975. The molecule has 2 heterocycles. The van der Waals surface area contributed by atoms with E-state index < -0.39 is 0 Å². The second-order valence-corrected chi connectivity index (χ2v) is 19.1. The Morgan fingerprint density at radius 3 is 1.81 bits per heavy atom. The zero-order valence-corrected chi connectivity index (χ0v) is 33.6. The smallest absolute Gasteiger partial charge is 0.164 e. The molecule has 6 aromatic carbocycles. The lowest BCUT2D eigenvalue weighted by Crippen LogP contribution is -2.56. The van der Waals surface area contributed by atoms with Gasteiger partial charge in [0, 0.05) is 47.7 Å². The van der Waals surface area contributed by atoms with Gasteiger partial charge >= 0.3 is 0 Å². The molecule has 2 aromatic heterocycles. The summed E-state index contributed by atoms with van der Waals surface area (Å²) in [5.74, 6) is 5.05. The van der Waals surface area contributed by atoms with Crippen LogP contribution in [0.3, 0.4) is 0 Å². The lowest BCUT2D eigenvalue weighted by atomic mass is 9.42. The quantitative estimate of drug-likeness (QED) is 0.175. The number of fused-ring (bicyclic) bond motifs is 6. The number of thiophene rings is 1. The fourth-order valence-corrected chi connectivity index (χ4v) is 13.4. The molecule has 4 saturated carbocycles. The Morgan fingerprint density at radius 1 is 0.534 bits per heavy atom. The predicted molar refractivity (Wildman–Crippen MR) is 236 cm³/mol. The van der Waals surface area contributed by atoms with Gasteiger partial charge in [-0.1, -0.05) is 117 Å². The molecule has 4 nitrogen and oxygen atoms in total. The van der Waals surface area contributed by atoms with Gasteiger partial charge in [-0.25, -0.2) is 15.0 Å². The molecule has 4 fully saturated rings. The highest BCUT2D eigenvalue weighted by Gasteiger charge is 2.58. The van der Waals surface area contributed by atoms with E-state index in [1.165, 1.54) is 85.7 Å². The number of nitrogens with zero attached hydrogens (tertiary/aromatic N) is 4. The average Bonchev–Trinajstić information content (AvgIpc) is 3.74. The second kappa shape index (κ2) is 12.5. The van der Waals surface area contributed by atoms with Gasteiger partial charge in [-0.3, -0.25) is 0 Å². The highest BCUT2D eigenvalue weighted by atomic mass is 32.1. The minimum absolute atomic E-state index is 0.0123. The lowest BCUT2D eigenvalue weighted by molar-refractivity contribution is -0.0417. The zero-order valence-electron chi connectivity index (χ0n) is 32.7. The van der Waals surface area contributed by atoms with Crippen molar-refractivity contribution >= 4 is 31.5 Å². The SMILES string of the molecule is CC1(C)c2ccccc2-c2ccc(-c3nc(-c4ccccc4)nc(-c4ccc5c(c4)sc4cc(C6(c7ccc(C#N)cc7)C7CC8CC(C7)CC6C8)ccc45)n3)cc21. The lowest BCUT2D eigenvalue weighted by Gasteiger charge is -2.62. The Bertz CT molecular complexity index is 2980. The minimum atomic E-state index is -0.121. The van der Waals surface area contributed by atoms with Crippen molar-refractivity contribution in [3.05, 3.63) is 161 Å². The Morgan fingerprint density at radius 2 is 1.10 bits per heavy atom. The van der Waals surface area contributed by atoms with E-state index in [2.05, 4.69) is 123 Å². The van der Waals surface area contributed by atoms with E-state index in [0.29, 0.717) is 29.3 Å². The summed E-state index contributed by atoms with van der Waals surface area (Å²) >= 11 is 1.88. The summed E-state index contributed by atoms with van der Waals surface area (Å²) in [7, 11) is 0. The molecule has 0 atom stereocenters. The van der Waals surface area contributed by atoms with Gasteiger partial charge in [-0.05, 0) is 119 Å². The van der Waals surface area contributed by atoms with E-state index in [1.807, 2.05) is 41.7 Å². The summed E-state index contributed by atoms with van der Waals surface area (Å²) in [6.45, 7) is 4.63. The van der Waals surface area contributed by atoms with E-state index in [0.717, 1.165) is 34.1 Å². The van der Waals surface area contributed by atoms with Crippen LogP contribution in [0, 0.1) is 35.0 Å². The van der Waals surface area contributed by atoms with E-state index in [-0.39, 0.29) is 10.8 Å². The van der Waals surface area contributed by atoms with Gasteiger partial charge in [0.2, 0.25) is 0 Å². The van der Waals surface area contributed by atoms with Crippen LogP contribution in [0.15, 0.2) is 133 Å². The van der Waals surface area contributed by atoms with Gasteiger partial charge in [0.15, 0.2) is 17.5 Å². The Kier molecular flexibility index (Phi) is 7.36. The Hall–Kier alpha value is -5.96. The van der Waals surface area contributed by atoms with Crippen molar-refractivity contribution in [1.29, 1.82) is 5.26 Å². The topological polar surface area (TPSA) is 62.5 Å². The average molecular weight is 767 g/mol. The number of hydrogen-bond acceptors (Lipinski definition) is 5. The van der Waals surface area contributed by atoms with E-state index >= 15 is 0 Å². The molecular weight excluding hydrogens is 725 g/mol. The monoisotopic (exact) mass is 766 g/mol. The van der Waals surface area contributed by atoms with Crippen molar-refractivity contribution in [1.82, 2.24) is 15.0 Å². The summed E-state index contributed by atoms with van der Waals surface area (Å²) in [5.41, 5.74) is 11.7. The maximum atomic E-state index is 9.65. The number of benzene rings is 6. The van der Waals surface area contributed by atoms with Crippen LogP contribution >= 0.6 is 11.3 Å². The molecule has 5 heteroatoms. The molecule has 0 spiro atoms. The van der Waals surface area contributed by atoms with Crippen LogP contribution < -0.4 is 0 Å². The number of rotatable bonds is 5. The maximum Gasteiger partial charge on any atom is 0.164 e. The summed E-state index contributed by atoms with van der Waals surface area (Å²) in [4.78, 5) is 15.5. The van der Waals surface area contributed by atoms with Crippen molar-refractivity contribution in [2.75, 3.05) is 0 Å². The first-order chi connectivity index (χ1) is 28.4. The fraction of sp³-hybridized carbons (Fsp3) is 0.245. The standard InChI is InChI=1S/C53H42N4S/c1-52(2)45-11-7-6-10-41(45)42-19-14-35(27-46(42)52)50-55-49(34-8-4-3-5-9-34)56-51(57-50)36-15-20-43-44-21-18-38(29-48(44)58-47(43)28-36)53(37-16-12-31(30-54)13-17-37)39-23-32-22-33(25-39)26-40(53)24-32/h3-21,27-29,32-33,39-40H,22-26H2,1-2H3. The number of hydrogen-bond donors (Lipinski definition) is 0. The van der Waals surface area contributed by atoms with E-state index in [4.69, 9.17) is 15.0 Å². The first kappa shape index (κ1) is 34.1. The van der Waals surface area contributed by atoms with Crippen molar-refractivity contribution in [2.24, 2.45) is 23.7 Å². The molecule has 13 rings (SSSR count). The molecule has 8 aromatic rings. The van der Waals surface area contributed by atoms with Crippen LogP contribution in [0.5, 0.6) is 0 Å². The molecule has 5 aliphatic carbocycles. The van der Waals surface area contributed by atoms with Crippen LogP contribution in [-0.2, 0) is 10.8 Å². The molecule has 58 heavy (non-hydrogen) atoms. The zero-order chi connectivity index (χ0) is 38.8. The third kappa shape index (κ3) is 4.94. The number of aromatic nitrogens is 3. The third-order valence-corrected chi connectivity index (χ3v) is 15.8. The highest BCUT2D eigenvalue weighted by molar-refractivity contribution is 7.25. The molecular formula is C53H42N4S. The van der Waals surface area contributed by atoms with Crippen molar-refractivity contribution in [2.45, 2.75) is 56.8 Å². The van der Waals surface area contributed by atoms with Gasteiger partial charge in [-0.2, -0.15) is 5.26 Å². The molecule has 0 aliphatic heterocycles. The summed E-state index contributed by atoms with van der Waals surface area (Å²) in [5, 5.41) is 12.2. The minimum Gasteiger partial charge on any atom is -0.208 e. The second-order valence-electron chi connectivity index (χ2n) is 18.0. The molecule has 0 saturated heterocycles. The van der Waals surface area contributed by atoms with Crippen molar-refractivity contribution in [3.8, 4) is 51.4 Å². The van der Waals surface area contributed by atoms with E-state index in [9.17, 15) is 5.26 Å². The van der Waals surface area contributed by atoms with Gasteiger partial charge in [0.25, 0.3) is 0 Å². The van der Waals surface area contributed by atoms with Crippen molar-refractivity contribution in [3.63, 3.8) is 0 Å². The predicted octanol–water partition coefficient (Wildman–Crippen LogP) is 13.2. The maximum absolute atomic E-state index is 9.65.